The lowest BCUT2D eigenvalue weighted by Crippen LogP contribution is -2.25. The first-order chi connectivity index (χ1) is 9.49. The molecule has 1 atom stereocenters. The molecule has 0 radical (unpaired) electrons. The Morgan fingerprint density at radius 3 is 2.65 bits per heavy atom. The summed E-state index contributed by atoms with van der Waals surface area (Å²) in [6.07, 6.45) is 1.64. The van der Waals surface area contributed by atoms with Gasteiger partial charge in [-0.15, -0.1) is 0 Å². The summed E-state index contributed by atoms with van der Waals surface area (Å²) in [5.74, 6) is 0.694. The molecule has 2 N–H and O–H groups in total. The SMILES string of the molecule is CC(C)CCCOCC(O)CNc1ccc(Cl)c(Cl)c1. The molecule has 20 heavy (non-hydrogen) atoms. The van der Waals surface area contributed by atoms with Gasteiger partial charge in [-0.3, -0.25) is 0 Å². The van der Waals surface area contributed by atoms with Crippen LogP contribution in [-0.4, -0.2) is 31.0 Å². The van der Waals surface area contributed by atoms with Crippen molar-refractivity contribution in [3.05, 3.63) is 28.2 Å². The van der Waals surface area contributed by atoms with E-state index in [-0.39, 0.29) is 0 Å². The van der Waals surface area contributed by atoms with Crippen molar-refractivity contribution in [1.82, 2.24) is 0 Å². The van der Waals surface area contributed by atoms with Gasteiger partial charge in [-0.1, -0.05) is 37.0 Å². The van der Waals surface area contributed by atoms with Crippen LogP contribution in [0.25, 0.3) is 0 Å². The smallest absolute Gasteiger partial charge is 0.0945 e. The van der Waals surface area contributed by atoms with Gasteiger partial charge in [0, 0.05) is 18.8 Å². The number of ether oxygens (including phenoxy) is 1. The lowest BCUT2D eigenvalue weighted by atomic mass is 10.1. The van der Waals surface area contributed by atoms with Crippen molar-refractivity contribution in [1.29, 1.82) is 0 Å². The van der Waals surface area contributed by atoms with Crippen LogP contribution in [0, 0.1) is 5.92 Å². The molecule has 1 aromatic rings. The Kier molecular flexibility index (Phi) is 8.31. The lowest BCUT2D eigenvalue weighted by Gasteiger charge is -2.14. The van der Waals surface area contributed by atoms with Crippen molar-refractivity contribution in [2.45, 2.75) is 32.8 Å². The van der Waals surface area contributed by atoms with Crippen molar-refractivity contribution >= 4 is 28.9 Å². The second kappa shape index (κ2) is 9.46. The molecule has 0 aliphatic heterocycles. The summed E-state index contributed by atoms with van der Waals surface area (Å²) in [4.78, 5) is 0. The van der Waals surface area contributed by atoms with E-state index in [1.54, 1.807) is 12.1 Å². The first-order valence-electron chi connectivity index (χ1n) is 6.93. The van der Waals surface area contributed by atoms with Crippen LogP contribution in [0.4, 0.5) is 5.69 Å². The second-order valence-corrected chi connectivity index (χ2v) is 6.09. The summed E-state index contributed by atoms with van der Waals surface area (Å²) in [6.45, 7) is 5.84. The molecule has 0 heterocycles. The average Bonchev–Trinajstić information content (AvgIpc) is 2.39. The number of halogens is 2. The van der Waals surface area contributed by atoms with Crippen LogP contribution in [0.15, 0.2) is 18.2 Å². The van der Waals surface area contributed by atoms with Gasteiger partial charge >= 0.3 is 0 Å². The molecule has 3 nitrogen and oxygen atoms in total. The fourth-order valence-electron chi connectivity index (χ4n) is 1.71. The Morgan fingerprint density at radius 1 is 1.25 bits per heavy atom. The molecule has 1 unspecified atom stereocenters. The highest BCUT2D eigenvalue weighted by molar-refractivity contribution is 6.42. The van der Waals surface area contributed by atoms with E-state index in [0.717, 1.165) is 18.5 Å². The van der Waals surface area contributed by atoms with Gasteiger partial charge in [0.1, 0.15) is 0 Å². The van der Waals surface area contributed by atoms with Crippen LogP contribution in [0.3, 0.4) is 0 Å². The summed E-state index contributed by atoms with van der Waals surface area (Å²) in [7, 11) is 0. The standard InChI is InChI=1S/C15H23Cl2NO2/c1-11(2)4-3-7-20-10-13(19)9-18-12-5-6-14(16)15(17)8-12/h5-6,8,11,13,18-19H,3-4,7,9-10H2,1-2H3. The molecule has 0 aliphatic carbocycles. The number of nitrogens with one attached hydrogen (secondary N) is 1. The third-order valence-corrected chi connectivity index (χ3v) is 3.58. The molecule has 0 bridgehead atoms. The average molecular weight is 320 g/mol. The fourth-order valence-corrected chi connectivity index (χ4v) is 2.01. The highest BCUT2D eigenvalue weighted by Gasteiger charge is 2.05. The molecule has 0 aromatic heterocycles. The summed E-state index contributed by atoms with van der Waals surface area (Å²) in [5, 5.41) is 13.9. The molecule has 0 saturated heterocycles. The Balaban J connectivity index is 2.16. The summed E-state index contributed by atoms with van der Waals surface area (Å²) in [5.41, 5.74) is 0.832. The molecular formula is C15H23Cl2NO2. The van der Waals surface area contributed by atoms with E-state index in [1.165, 1.54) is 0 Å². The maximum absolute atomic E-state index is 9.80. The maximum Gasteiger partial charge on any atom is 0.0945 e. The van der Waals surface area contributed by atoms with E-state index in [0.29, 0.717) is 35.7 Å². The summed E-state index contributed by atoms with van der Waals surface area (Å²) >= 11 is 11.7. The topological polar surface area (TPSA) is 41.5 Å². The summed E-state index contributed by atoms with van der Waals surface area (Å²) in [6, 6.07) is 5.28. The van der Waals surface area contributed by atoms with Crippen LogP contribution in [0.5, 0.6) is 0 Å². The Morgan fingerprint density at radius 2 is 2.00 bits per heavy atom. The monoisotopic (exact) mass is 319 g/mol. The zero-order valence-corrected chi connectivity index (χ0v) is 13.5. The Labute approximate surface area is 131 Å². The second-order valence-electron chi connectivity index (χ2n) is 5.27. The van der Waals surface area contributed by atoms with E-state index in [1.807, 2.05) is 6.07 Å². The Hall–Kier alpha value is -0.480. The normalized spacial score (nSPS) is 12.7. The van der Waals surface area contributed by atoms with Gasteiger partial charge in [-0.2, -0.15) is 0 Å². The minimum Gasteiger partial charge on any atom is -0.389 e. The maximum atomic E-state index is 9.80. The first-order valence-corrected chi connectivity index (χ1v) is 7.69. The highest BCUT2D eigenvalue weighted by Crippen LogP contribution is 2.24. The van der Waals surface area contributed by atoms with Crippen LogP contribution in [0.2, 0.25) is 10.0 Å². The molecular weight excluding hydrogens is 297 g/mol. The highest BCUT2D eigenvalue weighted by atomic mass is 35.5. The van der Waals surface area contributed by atoms with Crippen LogP contribution < -0.4 is 5.32 Å². The number of hydrogen-bond acceptors (Lipinski definition) is 3. The minimum absolute atomic E-state index is 0.340. The van der Waals surface area contributed by atoms with Gasteiger partial charge in [-0.25, -0.2) is 0 Å². The third-order valence-electron chi connectivity index (χ3n) is 2.84. The zero-order chi connectivity index (χ0) is 15.0. The molecule has 1 aromatic carbocycles. The largest absolute Gasteiger partial charge is 0.389 e. The first kappa shape index (κ1) is 17.6. The molecule has 0 saturated carbocycles. The van der Waals surface area contributed by atoms with Crippen LogP contribution in [0.1, 0.15) is 26.7 Å². The molecule has 0 spiro atoms. The van der Waals surface area contributed by atoms with Gasteiger partial charge in [0.2, 0.25) is 0 Å². The van der Waals surface area contributed by atoms with Crippen molar-refractivity contribution in [3.63, 3.8) is 0 Å². The van der Waals surface area contributed by atoms with E-state index in [9.17, 15) is 5.11 Å². The van der Waals surface area contributed by atoms with E-state index < -0.39 is 6.10 Å². The van der Waals surface area contributed by atoms with Gasteiger partial charge < -0.3 is 15.2 Å². The number of aliphatic hydroxyl groups excluding tert-OH is 1. The van der Waals surface area contributed by atoms with Crippen molar-refractivity contribution in [2.75, 3.05) is 25.1 Å². The molecule has 114 valence electrons. The predicted molar refractivity (Wildman–Crippen MR) is 85.8 cm³/mol. The van der Waals surface area contributed by atoms with Crippen molar-refractivity contribution in [3.8, 4) is 0 Å². The number of anilines is 1. The van der Waals surface area contributed by atoms with Crippen molar-refractivity contribution < 1.29 is 9.84 Å². The van der Waals surface area contributed by atoms with Crippen LogP contribution >= 0.6 is 23.2 Å². The molecule has 0 aliphatic rings. The van der Waals surface area contributed by atoms with Crippen molar-refractivity contribution in [2.24, 2.45) is 5.92 Å². The zero-order valence-electron chi connectivity index (χ0n) is 12.0. The third kappa shape index (κ3) is 7.34. The predicted octanol–water partition coefficient (Wildman–Crippen LogP) is 4.22. The van der Waals surface area contributed by atoms with E-state index in [4.69, 9.17) is 27.9 Å². The van der Waals surface area contributed by atoms with Gasteiger partial charge in [0.15, 0.2) is 0 Å². The summed E-state index contributed by atoms with van der Waals surface area (Å²) < 4.78 is 5.44. The number of benzene rings is 1. The number of hydrogen-bond donors (Lipinski definition) is 2. The van der Waals surface area contributed by atoms with Crippen LogP contribution in [-0.2, 0) is 4.74 Å². The molecule has 0 fully saturated rings. The molecule has 5 heteroatoms. The fraction of sp³-hybridized carbons (Fsp3) is 0.600. The van der Waals surface area contributed by atoms with Gasteiger partial charge in [0.05, 0.1) is 22.8 Å². The van der Waals surface area contributed by atoms with E-state index in [2.05, 4.69) is 19.2 Å². The van der Waals surface area contributed by atoms with Gasteiger partial charge in [-0.05, 0) is 37.0 Å². The minimum atomic E-state index is -0.538. The van der Waals surface area contributed by atoms with Gasteiger partial charge in [0.25, 0.3) is 0 Å². The molecule has 1 rings (SSSR count). The Bertz CT molecular complexity index is 399. The molecule has 0 amide bonds. The number of aliphatic hydroxyl groups is 1. The number of rotatable bonds is 9. The quantitative estimate of drug-likeness (QED) is 0.670. The van der Waals surface area contributed by atoms with E-state index >= 15 is 0 Å². The lowest BCUT2D eigenvalue weighted by molar-refractivity contribution is 0.0409.